The molecule has 0 radical (unpaired) electrons. The molecule has 0 aromatic carbocycles. The molecule has 0 saturated carbocycles. The Morgan fingerprint density at radius 1 is 1.82 bits per heavy atom. The zero-order chi connectivity index (χ0) is 8.85. The first-order chi connectivity index (χ1) is 5.07. The zero-order valence-electron chi connectivity index (χ0n) is 5.55. The van der Waals surface area contributed by atoms with Crippen molar-refractivity contribution in [1.29, 1.82) is 0 Å². The highest BCUT2D eigenvalue weighted by Gasteiger charge is 2.07. The lowest BCUT2D eigenvalue weighted by Gasteiger charge is -2.07. The lowest BCUT2D eigenvalue weighted by Crippen LogP contribution is -2.69. The summed E-state index contributed by atoms with van der Waals surface area (Å²) in [4.78, 5) is 10.1. The van der Waals surface area contributed by atoms with Gasteiger partial charge in [-0.05, 0) is 0 Å². The van der Waals surface area contributed by atoms with Gasteiger partial charge in [-0.25, -0.2) is 0 Å². The number of rotatable bonds is 4. The van der Waals surface area contributed by atoms with Crippen LogP contribution in [-0.4, -0.2) is 17.8 Å². The van der Waals surface area contributed by atoms with Gasteiger partial charge in [-0.3, -0.25) is 0 Å². The van der Waals surface area contributed by atoms with E-state index in [-0.39, 0.29) is 5.75 Å². The van der Waals surface area contributed by atoms with E-state index in [2.05, 4.69) is 5.73 Å². The number of carbonyl (C=O) groups is 1. The zero-order valence-corrected chi connectivity index (χ0v) is 7.88. The number of carbonyl (C=O) groups excluding carboxylic acids is 1. The van der Waals surface area contributed by atoms with E-state index in [0.29, 0.717) is 4.36 Å². The SMILES string of the molecule is [NH3+]C(CS/C(Cl)=C/Cl)C(=O)[O-]. The van der Waals surface area contributed by atoms with E-state index in [4.69, 9.17) is 23.2 Å². The van der Waals surface area contributed by atoms with Crippen LogP contribution in [0.15, 0.2) is 9.90 Å². The maximum Gasteiger partial charge on any atom is 0.134 e. The van der Waals surface area contributed by atoms with Crippen molar-refractivity contribution in [3.63, 3.8) is 0 Å². The number of hydrogen-bond acceptors (Lipinski definition) is 3. The minimum Gasteiger partial charge on any atom is -0.544 e. The fourth-order valence-corrected chi connectivity index (χ4v) is 1.22. The van der Waals surface area contributed by atoms with Crippen molar-refractivity contribution in [3.05, 3.63) is 9.90 Å². The van der Waals surface area contributed by atoms with Crippen LogP contribution in [0.2, 0.25) is 0 Å². The fourth-order valence-electron chi connectivity index (χ4n) is 0.280. The molecule has 0 fully saturated rings. The Bertz CT molecular complexity index is 174. The maximum absolute atomic E-state index is 10.1. The summed E-state index contributed by atoms with van der Waals surface area (Å²) in [6.45, 7) is 0. The number of quaternary nitrogens is 1. The smallest absolute Gasteiger partial charge is 0.134 e. The molecule has 11 heavy (non-hydrogen) atoms. The Morgan fingerprint density at radius 2 is 2.36 bits per heavy atom. The molecular weight excluding hydrogens is 209 g/mol. The molecule has 6 heteroatoms. The van der Waals surface area contributed by atoms with Gasteiger partial charge in [-0.15, -0.1) is 11.8 Å². The standard InChI is InChI=1S/C5H7Cl2NO2S/c6-1-4(7)11-2-3(8)5(9)10/h1,3H,2,8H2,(H,9,10)/b4-1+. The van der Waals surface area contributed by atoms with Gasteiger partial charge in [0.2, 0.25) is 0 Å². The van der Waals surface area contributed by atoms with E-state index >= 15 is 0 Å². The molecule has 0 aliphatic heterocycles. The first-order valence-electron chi connectivity index (χ1n) is 2.70. The average molecular weight is 216 g/mol. The van der Waals surface area contributed by atoms with Crippen molar-refractivity contribution in [2.24, 2.45) is 0 Å². The monoisotopic (exact) mass is 215 g/mol. The minimum atomic E-state index is -1.18. The van der Waals surface area contributed by atoms with Gasteiger partial charge in [0.15, 0.2) is 0 Å². The van der Waals surface area contributed by atoms with E-state index < -0.39 is 12.0 Å². The summed E-state index contributed by atoms with van der Waals surface area (Å²) in [5, 5.41) is 10.1. The Morgan fingerprint density at radius 3 is 2.73 bits per heavy atom. The predicted molar refractivity (Wildman–Crippen MR) is 43.9 cm³/mol. The highest BCUT2D eigenvalue weighted by Crippen LogP contribution is 2.20. The van der Waals surface area contributed by atoms with Crippen LogP contribution in [0.3, 0.4) is 0 Å². The van der Waals surface area contributed by atoms with Gasteiger partial charge in [-0.1, -0.05) is 23.2 Å². The number of thioether (sulfide) groups is 1. The van der Waals surface area contributed by atoms with Crippen molar-refractivity contribution in [3.8, 4) is 0 Å². The summed E-state index contributed by atoms with van der Waals surface area (Å²) in [7, 11) is 0. The van der Waals surface area contributed by atoms with Crippen LogP contribution in [0.4, 0.5) is 0 Å². The number of halogens is 2. The Balaban J connectivity index is 3.62. The van der Waals surface area contributed by atoms with E-state index in [0.717, 1.165) is 11.8 Å². The van der Waals surface area contributed by atoms with Gasteiger partial charge in [0, 0.05) is 5.54 Å². The van der Waals surface area contributed by atoms with Gasteiger partial charge in [0.25, 0.3) is 0 Å². The van der Waals surface area contributed by atoms with Crippen molar-refractivity contribution < 1.29 is 15.6 Å². The molecule has 0 aliphatic rings. The highest BCUT2D eigenvalue weighted by molar-refractivity contribution is 8.04. The Hall–Kier alpha value is 0.1000. The number of carboxylic acid groups (broad SMARTS) is 1. The normalized spacial score (nSPS) is 14.6. The van der Waals surface area contributed by atoms with E-state index in [1.807, 2.05) is 0 Å². The summed E-state index contributed by atoms with van der Waals surface area (Å²) in [6.07, 6.45) is 0. The quantitative estimate of drug-likeness (QED) is 0.679. The lowest BCUT2D eigenvalue weighted by atomic mass is 10.4. The highest BCUT2D eigenvalue weighted by atomic mass is 35.5. The molecule has 0 rings (SSSR count). The Labute approximate surface area is 78.5 Å². The fraction of sp³-hybridized carbons (Fsp3) is 0.400. The summed E-state index contributed by atoms with van der Waals surface area (Å²) in [5.74, 6) is -0.916. The van der Waals surface area contributed by atoms with Crippen molar-refractivity contribution in [2.75, 3.05) is 5.75 Å². The van der Waals surface area contributed by atoms with Crippen LogP contribution in [0, 0.1) is 0 Å². The first kappa shape index (κ1) is 11.1. The minimum absolute atomic E-state index is 0.268. The summed E-state index contributed by atoms with van der Waals surface area (Å²) in [6, 6.07) is -0.759. The number of aliphatic carboxylic acids is 1. The molecule has 0 aliphatic carbocycles. The van der Waals surface area contributed by atoms with Gasteiger partial charge >= 0.3 is 0 Å². The molecule has 0 saturated heterocycles. The van der Waals surface area contributed by atoms with Gasteiger partial charge < -0.3 is 15.6 Å². The van der Waals surface area contributed by atoms with Crippen LogP contribution < -0.4 is 10.8 Å². The van der Waals surface area contributed by atoms with Gasteiger partial charge in [0.1, 0.15) is 6.04 Å². The van der Waals surface area contributed by atoms with E-state index in [1.165, 1.54) is 5.54 Å². The molecule has 1 unspecified atom stereocenters. The molecule has 0 spiro atoms. The second kappa shape index (κ2) is 5.71. The molecule has 0 aromatic rings. The third-order valence-corrected chi connectivity index (χ3v) is 2.70. The molecule has 0 amide bonds. The first-order valence-corrected chi connectivity index (χ1v) is 4.50. The van der Waals surface area contributed by atoms with Crippen LogP contribution >= 0.6 is 35.0 Å². The molecule has 3 nitrogen and oxygen atoms in total. The van der Waals surface area contributed by atoms with E-state index in [9.17, 15) is 9.90 Å². The molecular formula is C5H7Cl2NO2S. The predicted octanol–water partition coefficient (Wildman–Crippen LogP) is -0.644. The van der Waals surface area contributed by atoms with Crippen LogP contribution in [0.5, 0.6) is 0 Å². The van der Waals surface area contributed by atoms with E-state index in [1.54, 1.807) is 0 Å². The molecule has 0 bridgehead atoms. The third-order valence-electron chi connectivity index (χ3n) is 0.842. The number of carboxylic acids is 1. The molecule has 0 aromatic heterocycles. The summed E-state index contributed by atoms with van der Waals surface area (Å²) < 4.78 is 0.349. The second-order valence-corrected chi connectivity index (χ2v) is 3.65. The topological polar surface area (TPSA) is 67.8 Å². The van der Waals surface area contributed by atoms with Gasteiger partial charge in [0.05, 0.1) is 16.1 Å². The van der Waals surface area contributed by atoms with Crippen molar-refractivity contribution >= 4 is 40.9 Å². The Kier molecular flexibility index (Phi) is 5.76. The van der Waals surface area contributed by atoms with Crippen LogP contribution in [0.1, 0.15) is 0 Å². The molecule has 0 heterocycles. The maximum atomic E-state index is 10.1. The summed E-state index contributed by atoms with van der Waals surface area (Å²) >= 11 is 11.8. The van der Waals surface area contributed by atoms with Gasteiger partial charge in [-0.2, -0.15) is 0 Å². The third kappa shape index (κ3) is 5.38. The van der Waals surface area contributed by atoms with Crippen LogP contribution in [-0.2, 0) is 4.79 Å². The average Bonchev–Trinajstić information content (AvgIpc) is 1.99. The summed E-state index contributed by atoms with van der Waals surface area (Å²) in [5.41, 5.74) is 4.51. The number of hydrogen-bond donors (Lipinski definition) is 1. The molecule has 64 valence electrons. The molecule has 1 atom stereocenters. The lowest BCUT2D eigenvalue weighted by molar-refractivity contribution is -0.431. The van der Waals surface area contributed by atoms with Crippen molar-refractivity contribution in [1.82, 2.24) is 0 Å². The molecule has 3 N–H and O–H groups in total. The van der Waals surface area contributed by atoms with Crippen molar-refractivity contribution in [2.45, 2.75) is 6.04 Å². The largest absolute Gasteiger partial charge is 0.544 e. The van der Waals surface area contributed by atoms with Crippen LogP contribution in [0.25, 0.3) is 0 Å². The second-order valence-electron chi connectivity index (χ2n) is 1.74.